The number of nitrogen functional groups attached to an aromatic ring is 1. The second-order valence-corrected chi connectivity index (χ2v) is 7.33. The predicted molar refractivity (Wildman–Crippen MR) is 111 cm³/mol. The summed E-state index contributed by atoms with van der Waals surface area (Å²) in [6.45, 7) is 1.68. The first-order valence-electron chi connectivity index (χ1n) is 9.71. The number of hydrogen-bond acceptors (Lipinski definition) is 5. The number of nitrogens with one attached hydrogen (secondary N) is 1. The molecule has 0 spiro atoms. The first-order chi connectivity index (χ1) is 14.1. The lowest BCUT2D eigenvalue weighted by molar-refractivity contribution is 0.402. The molecule has 2 aromatic carbocycles. The minimum atomic E-state index is -0.576. The summed E-state index contributed by atoms with van der Waals surface area (Å²) in [5, 5.41) is 2.78. The van der Waals surface area contributed by atoms with Gasteiger partial charge in [0.2, 0.25) is 0 Å². The second kappa shape index (κ2) is 8.43. The molecule has 1 saturated heterocycles. The van der Waals surface area contributed by atoms with Crippen LogP contribution in [0.25, 0.3) is 0 Å². The van der Waals surface area contributed by atoms with E-state index >= 15 is 0 Å². The molecular formula is C22H23F2N5. The third-order valence-corrected chi connectivity index (χ3v) is 5.33. The molecule has 1 aromatic heterocycles. The summed E-state index contributed by atoms with van der Waals surface area (Å²) in [6.07, 6.45) is 4.54. The van der Waals surface area contributed by atoms with Crippen molar-refractivity contribution in [3.63, 3.8) is 0 Å². The van der Waals surface area contributed by atoms with Gasteiger partial charge in [0.05, 0.1) is 5.69 Å². The fraction of sp³-hybridized carbons (Fsp3) is 0.273. The maximum atomic E-state index is 13.9. The molecular weight excluding hydrogens is 372 g/mol. The van der Waals surface area contributed by atoms with Crippen LogP contribution in [0.15, 0.2) is 54.9 Å². The average molecular weight is 395 g/mol. The van der Waals surface area contributed by atoms with E-state index in [1.165, 1.54) is 11.9 Å². The van der Waals surface area contributed by atoms with Crippen LogP contribution in [-0.2, 0) is 6.42 Å². The monoisotopic (exact) mass is 395 g/mol. The number of piperidine rings is 1. The van der Waals surface area contributed by atoms with Crippen LogP contribution in [0.4, 0.5) is 31.8 Å². The van der Waals surface area contributed by atoms with Gasteiger partial charge in [0.1, 0.15) is 23.6 Å². The lowest BCUT2D eigenvalue weighted by Crippen LogP contribution is -2.35. The predicted octanol–water partition coefficient (Wildman–Crippen LogP) is 4.54. The zero-order valence-electron chi connectivity index (χ0n) is 16.0. The van der Waals surface area contributed by atoms with Crippen molar-refractivity contribution in [1.29, 1.82) is 0 Å². The van der Waals surface area contributed by atoms with E-state index in [-0.39, 0.29) is 11.5 Å². The fourth-order valence-electron chi connectivity index (χ4n) is 3.76. The van der Waals surface area contributed by atoms with Gasteiger partial charge in [0, 0.05) is 19.2 Å². The Kier molecular flexibility index (Phi) is 5.55. The quantitative estimate of drug-likeness (QED) is 0.664. The molecule has 29 heavy (non-hydrogen) atoms. The highest BCUT2D eigenvalue weighted by Crippen LogP contribution is 2.32. The van der Waals surface area contributed by atoms with Crippen LogP contribution in [0.3, 0.4) is 0 Å². The maximum absolute atomic E-state index is 13.9. The van der Waals surface area contributed by atoms with Gasteiger partial charge in [-0.05, 0) is 42.9 Å². The third-order valence-electron chi connectivity index (χ3n) is 5.33. The summed E-state index contributed by atoms with van der Waals surface area (Å²) in [4.78, 5) is 10.6. The Hall–Kier alpha value is -3.22. The lowest BCUT2D eigenvalue weighted by atomic mass is 9.90. The molecule has 0 radical (unpaired) electrons. The highest BCUT2D eigenvalue weighted by Gasteiger charge is 2.23. The molecule has 0 saturated carbocycles. The molecule has 0 bridgehead atoms. The molecule has 0 unspecified atom stereocenters. The molecule has 3 aromatic rings. The van der Waals surface area contributed by atoms with Crippen molar-refractivity contribution in [2.75, 3.05) is 29.0 Å². The number of anilines is 4. The number of nitrogens with two attached hydrogens (primary N) is 1. The SMILES string of the molecule is Nc1c(Nc2cc(F)ccc2F)ncnc1N1CCC(Cc2ccccc2)CC1. The summed E-state index contributed by atoms with van der Waals surface area (Å²) >= 11 is 0. The zero-order chi connectivity index (χ0) is 20.2. The Morgan fingerprint density at radius 3 is 2.55 bits per heavy atom. The van der Waals surface area contributed by atoms with Crippen molar-refractivity contribution in [3.05, 3.63) is 72.1 Å². The van der Waals surface area contributed by atoms with Crippen LogP contribution in [0.2, 0.25) is 0 Å². The molecule has 1 aliphatic heterocycles. The van der Waals surface area contributed by atoms with Crippen LogP contribution in [0, 0.1) is 17.6 Å². The van der Waals surface area contributed by atoms with Crippen molar-refractivity contribution < 1.29 is 8.78 Å². The average Bonchev–Trinajstić information content (AvgIpc) is 2.74. The van der Waals surface area contributed by atoms with Crippen LogP contribution in [-0.4, -0.2) is 23.1 Å². The molecule has 1 aliphatic rings. The van der Waals surface area contributed by atoms with Crippen LogP contribution in [0.1, 0.15) is 18.4 Å². The molecule has 3 N–H and O–H groups in total. The van der Waals surface area contributed by atoms with E-state index in [0.29, 0.717) is 17.4 Å². The number of nitrogens with zero attached hydrogens (tertiary/aromatic N) is 3. The molecule has 0 amide bonds. The maximum Gasteiger partial charge on any atom is 0.159 e. The summed E-state index contributed by atoms with van der Waals surface area (Å²) in [7, 11) is 0. The van der Waals surface area contributed by atoms with Gasteiger partial charge in [-0.3, -0.25) is 0 Å². The number of hydrogen-bond donors (Lipinski definition) is 2. The molecule has 5 nitrogen and oxygen atoms in total. The number of aromatic nitrogens is 2. The van der Waals surface area contributed by atoms with Crippen LogP contribution in [0.5, 0.6) is 0 Å². The van der Waals surface area contributed by atoms with E-state index in [1.54, 1.807) is 0 Å². The van der Waals surface area contributed by atoms with Crippen molar-refractivity contribution in [3.8, 4) is 0 Å². The standard InChI is InChI=1S/C22H23F2N5/c23-17-6-7-18(24)19(13-17)28-21-20(25)22(27-14-26-21)29-10-8-16(9-11-29)12-15-4-2-1-3-5-15/h1-7,13-14,16H,8-12,25H2,(H,26,27,28). The van der Waals surface area contributed by atoms with E-state index in [2.05, 4.69) is 44.5 Å². The number of rotatable bonds is 5. The molecule has 1 fully saturated rings. The Balaban J connectivity index is 1.44. The highest BCUT2D eigenvalue weighted by atomic mass is 19.1. The van der Waals surface area contributed by atoms with E-state index < -0.39 is 11.6 Å². The third kappa shape index (κ3) is 4.45. The van der Waals surface area contributed by atoms with Gasteiger partial charge in [0.15, 0.2) is 11.6 Å². The zero-order valence-corrected chi connectivity index (χ0v) is 16.0. The number of halogens is 2. The molecule has 7 heteroatoms. The molecule has 0 aliphatic carbocycles. The van der Waals surface area contributed by atoms with E-state index in [9.17, 15) is 8.78 Å². The minimum Gasteiger partial charge on any atom is -0.393 e. The summed E-state index contributed by atoms with van der Waals surface area (Å²) in [6, 6.07) is 13.7. The minimum absolute atomic E-state index is 0.0112. The fourth-order valence-corrected chi connectivity index (χ4v) is 3.76. The highest BCUT2D eigenvalue weighted by molar-refractivity contribution is 5.78. The van der Waals surface area contributed by atoms with E-state index in [0.717, 1.165) is 50.6 Å². The normalized spacial score (nSPS) is 14.8. The lowest BCUT2D eigenvalue weighted by Gasteiger charge is -2.33. The van der Waals surface area contributed by atoms with E-state index in [4.69, 9.17) is 5.73 Å². The Labute approximate surface area is 168 Å². The van der Waals surface area contributed by atoms with Gasteiger partial charge in [-0.25, -0.2) is 18.7 Å². The molecule has 150 valence electrons. The van der Waals surface area contributed by atoms with Gasteiger partial charge >= 0.3 is 0 Å². The molecule has 2 heterocycles. The van der Waals surface area contributed by atoms with Crippen molar-refractivity contribution in [2.24, 2.45) is 5.92 Å². The van der Waals surface area contributed by atoms with E-state index in [1.807, 2.05) is 6.07 Å². The summed E-state index contributed by atoms with van der Waals surface area (Å²) in [5.74, 6) is 0.397. The van der Waals surface area contributed by atoms with Crippen molar-refractivity contribution in [1.82, 2.24) is 9.97 Å². The van der Waals surface area contributed by atoms with Gasteiger partial charge < -0.3 is 16.0 Å². The Bertz CT molecular complexity index is 972. The van der Waals surface area contributed by atoms with Gasteiger partial charge in [0.25, 0.3) is 0 Å². The summed E-state index contributed by atoms with van der Waals surface area (Å²) < 4.78 is 27.4. The first-order valence-corrected chi connectivity index (χ1v) is 9.71. The van der Waals surface area contributed by atoms with Gasteiger partial charge in [-0.15, -0.1) is 0 Å². The number of benzene rings is 2. The van der Waals surface area contributed by atoms with Crippen molar-refractivity contribution in [2.45, 2.75) is 19.3 Å². The molecule has 4 rings (SSSR count). The van der Waals surface area contributed by atoms with Gasteiger partial charge in [-0.1, -0.05) is 30.3 Å². The van der Waals surface area contributed by atoms with Crippen molar-refractivity contribution >= 4 is 23.0 Å². The Morgan fingerprint density at radius 2 is 1.79 bits per heavy atom. The first kappa shape index (κ1) is 19.1. The van der Waals surface area contributed by atoms with Crippen LogP contribution >= 0.6 is 0 Å². The topological polar surface area (TPSA) is 67.1 Å². The largest absolute Gasteiger partial charge is 0.393 e. The van der Waals surface area contributed by atoms with Crippen LogP contribution < -0.4 is 16.0 Å². The second-order valence-electron chi connectivity index (χ2n) is 7.33. The molecule has 0 atom stereocenters. The summed E-state index contributed by atoms with van der Waals surface area (Å²) in [5.41, 5.74) is 7.94. The Morgan fingerprint density at radius 1 is 1.03 bits per heavy atom. The van der Waals surface area contributed by atoms with Gasteiger partial charge in [-0.2, -0.15) is 0 Å². The smallest absolute Gasteiger partial charge is 0.159 e.